The lowest BCUT2D eigenvalue weighted by molar-refractivity contribution is 0.0230. The van der Waals surface area contributed by atoms with Crippen molar-refractivity contribution in [3.05, 3.63) is 0 Å². The van der Waals surface area contributed by atoms with Gasteiger partial charge in [0.2, 0.25) is 0 Å². The Bertz CT molecular complexity index is 234. The second kappa shape index (κ2) is 4.39. The highest BCUT2D eigenvalue weighted by molar-refractivity contribution is 5.68. The second-order valence-electron chi connectivity index (χ2n) is 5.27. The monoisotopic (exact) mass is 215 g/mol. The first-order valence-corrected chi connectivity index (χ1v) is 5.44. The first-order valence-electron chi connectivity index (χ1n) is 5.44. The van der Waals surface area contributed by atoms with Crippen LogP contribution in [0.25, 0.3) is 0 Å². The lowest BCUT2D eigenvalue weighted by atomic mass is 10.1. The molecule has 4 heteroatoms. The van der Waals surface area contributed by atoms with Gasteiger partial charge >= 0.3 is 6.09 Å². The number of carbonyl (C=O) groups excluding carboxylic acids is 1. The normalized spacial score (nSPS) is 26.9. The highest BCUT2D eigenvalue weighted by Crippen LogP contribution is 2.24. The van der Waals surface area contributed by atoms with Gasteiger partial charge in [-0.1, -0.05) is 0 Å². The van der Waals surface area contributed by atoms with Gasteiger partial charge in [-0.05, 0) is 34.1 Å². The second-order valence-corrected chi connectivity index (χ2v) is 5.27. The van der Waals surface area contributed by atoms with E-state index in [2.05, 4.69) is 0 Å². The molecule has 0 aromatic heterocycles. The van der Waals surface area contributed by atoms with Gasteiger partial charge in [0.15, 0.2) is 0 Å². The van der Waals surface area contributed by atoms with Gasteiger partial charge in [0.25, 0.3) is 0 Å². The minimum absolute atomic E-state index is 0.142. The van der Waals surface area contributed by atoms with Gasteiger partial charge in [-0.3, -0.25) is 0 Å². The van der Waals surface area contributed by atoms with Crippen LogP contribution in [0.1, 0.15) is 34.1 Å². The van der Waals surface area contributed by atoms with Gasteiger partial charge in [-0.2, -0.15) is 0 Å². The molecule has 1 amide bonds. The predicted molar refractivity (Wildman–Crippen MR) is 57.6 cm³/mol. The molecule has 0 spiro atoms. The van der Waals surface area contributed by atoms with Crippen LogP contribution >= 0.6 is 0 Å². The molecule has 15 heavy (non-hydrogen) atoms. The van der Waals surface area contributed by atoms with E-state index in [0.717, 1.165) is 6.42 Å². The average molecular weight is 215 g/mol. The highest BCUT2D eigenvalue weighted by Gasteiger charge is 2.34. The van der Waals surface area contributed by atoms with E-state index in [4.69, 9.17) is 9.84 Å². The summed E-state index contributed by atoms with van der Waals surface area (Å²) in [5.41, 5.74) is -0.450. The summed E-state index contributed by atoms with van der Waals surface area (Å²) in [6.45, 7) is 8.30. The highest BCUT2D eigenvalue weighted by atomic mass is 16.6. The molecule has 1 heterocycles. The van der Waals surface area contributed by atoms with Gasteiger partial charge < -0.3 is 14.7 Å². The van der Waals surface area contributed by atoms with E-state index in [1.54, 1.807) is 4.90 Å². The Morgan fingerprint density at radius 2 is 2.13 bits per heavy atom. The van der Waals surface area contributed by atoms with Crippen molar-refractivity contribution in [2.45, 2.75) is 45.8 Å². The quantitative estimate of drug-likeness (QED) is 0.723. The third-order valence-electron chi connectivity index (χ3n) is 2.55. The molecular formula is C11H21NO3. The predicted octanol–water partition coefficient (Wildman–Crippen LogP) is 1.62. The van der Waals surface area contributed by atoms with E-state index in [0.29, 0.717) is 6.54 Å². The van der Waals surface area contributed by atoms with Gasteiger partial charge in [-0.15, -0.1) is 0 Å². The Morgan fingerprint density at radius 3 is 2.53 bits per heavy atom. The number of hydrogen-bond acceptors (Lipinski definition) is 3. The van der Waals surface area contributed by atoms with Crippen LogP contribution in [-0.4, -0.2) is 40.9 Å². The van der Waals surface area contributed by atoms with Crippen LogP contribution in [0, 0.1) is 5.92 Å². The van der Waals surface area contributed by atoms with Crippen LogP contribution in [0.3, 0.4) is 0 Å². The molecule has 1 fully saturated rings. The van der Waals surface area contributed by atoms with Crippen LogP contribution in [0.2, 0.25) is 0 Å². The van der Waals surface area contributed by atoms with Gasteiger partial charge in [-0.25, -0.2) is 4.79 Å². The molecule has 0 aromatic rings. The smallest absolute Gasteiger partial charge is 0.410 e. The van der Waals surface area contributed by atoms with Crippen LogP contribution in [0.4, 0.5) is 4.79 Å². The fourth-order valence-corrected chi connectivity index (χ4v) is 1.85. The number of aliphatic hydroxyl groups excluding tert-OH is 1. The average Bonchev–Trinajstić information content (AvgIpc) is 2.43. The molecule has 1 saturated heterocycles. The van der Waals surface area contributed by atoms with Crippen LogP contribution < -0.4 is 0 Å². The molecule has 0 radical (unpaired) electrons. The van der Waals surface area contributed by atoms with Crippen molar-refractivity contribution in [2.24, 2.45) is 5.92 Å². The van der Waals surface area contributed by atoms with E-state index >= 15 is 0 Å². The third kappa shape index (κ3) is 3.38. The first-order chi connectivity index (χ1) is 6.83. The molecule has 0 aromatic carbocycles. The molecule has 1 aliphatic heterocycles. The third-order valence-corrected chi connectivity index (χ3v) is 2.55. The molecule has 1 N–H and O–H groups in total. The van der Waals surface area contributed by atoms with E-state index in [1.807, 2.05) is 27.7 Å². The van der Waals surface area contributed by atoms with E-state index in [-0.39, 0.29) is 24.7 Å². The zero-order valence-corrected chi connectivity index (χ0v) is 9.99. The number of rotatable bonds is 1. The molecular weight excluding hydrogens is 194 g/mol. The van der Waals surface area contributed by atoms with Crippen molar-refractivity contribution in [1.29, 1.82) is 0 Å². The van der Waals surface area contributed by atoms with E-state index < -0.39 is 5.60 Å². The molecule has 2 unspecified atom stereocenters. The fraction of sp³-hybridized carbons (Fsp3) is 0.909. The van der Waals surface area contributed by atoms with Gasteiger partial charge in [0.05, 0.1) is 0 Å². The molecule has 0 saturated carbocycles. The van der Waals surface area contributed by atoms with Crippen molar-refractivity contribution in [2.75, 3.05) is 13.2 Å². The molecule has 2 atom stereocenters. The maximum Gasteiger partial charge on any atom is 0.410 e. The minimum atomic E-state index is -0.450. The van der Waals surface area contributed by atoms with Crippen LogP contribution in [-0.2, 0) is 4.74 Å². The number of nitrogens with zero attached hydrogens (tertiary/aromatic N) is 1. The Balaban J connectivity index is 2.54. The summed E-state index contributed by atoms with van der Waals surface area (Å²) in [7, 11) is 0. The summed E-state index contributed by atoms with van der Waals surface area (Å²) in [5, 5.41) is 9.04. The van der Waals surface area contributed by atoms with Gasteiger partial charge in [0.1, 0.15) is 5.60 Å². The minimum Gasteiger partial charge on any atom is -0.444 e. The zero-order chi connectivity index (χ0) is 11.6. The fourth-order valence-electron chi connectivity index (χ4n) is 1.85. The number of aliphatic hydroxyl groups is 1. The maximum atomic E-state index is 11.8. The summed E-state index contributed by atoms with van der Waals surface area (Å²) in [5.74, 6) is 0.201. The largest absolute Gasteiger partial charge is 0.444 e. The summed E-state index contributed by atoms with van der Waals surface area (Å²) in [6, 6.07) is 0.164. The molecule has 1 rings (SSSR count). The van der Waals surface area contributed by atoms with Crippen LogP contribution in [0.5, 0.6) is 0 Å². The zero-order valence-electron chi connectivity index (χ0n) is 9.99. The molecule has 0 aliphatic carbocycles. The number of carbonyl (C=O) groups is 1. The van der Waals surface area contributed by atoms with Crippen molar-refractivity contribution >= 4 is 6.09 Å². The van der Waals surface area contributed by atoms with Crippen molar-refractivity contribution in [3.8, 4) is 0 Å². The Labute approximate surface area is 91.2 Å². The van der Waals surface area contributed by atoms with Crippen molar-refractivity contribution < 1.29 is 14.6 Å². The summed E-state index contributed by atoms with van der Waals surface area (Å²) >= 11 is 0. The molecule has 1 aliphatic rings. The van der Waals surface area contributed by atoms with Gasteiger partial charge in [0, 0.05) is 25.1 Å². The maximum absolute atomic E-state index is 11.8. The Morgan fingerprint density at radius 1 is 1.53 bits per heavy atom. The molecule has 88 valence electrons. The van der Waals surface area contributed by atoms with Crippen molar-refractivity contribution in [3.63, 3.8) is 0 Å². The standard InChI is InChI=1S/C11H21NO3/c1-8-5-9(7-13)6-12(8)10(14)15-11(2,3)4/h8-9,13H,5-7H2,1-4H3. The Hall–Kier alpha value is -0.770. The number of hydrogen-bond donors (Lipinski definition) is 1. The van der Waals surface area contributed by atoms with Crippen LogP contribution in [0.15, 0.2) is 0 Å². The van der Waals surface area contributed by atoms with E-state index in [9.17, 15) is 4.79 Å². The van der Waals surface area contributed by atoms with E-state index in [1.165, 1.54) is 0 Å². The Kier molecular flexibility index (Phi) is 3.60. The lowest BCUT2D eigenvalue weighted by Gasteiger charge is -2.26. The summed E-state index contributed by atoms with van der Waals surface area (Å²) < 4.78 is 5.29. The van der Waals surface area contributed by atoms with Crippen molar-refractivity contribution in [1.82, 2.24) is 4.90 Å². The summed E-state index contributed by atoms with van der Waals surface area (Å²) in [4.78, 5) is 13.5. The number of ether oxygens (including phenoxy) is 1. The summed E-state index contributed by atoms with van der Waals surface area (Å²) in [6.07, 6.45) is 0.585. The molecule has 4 nitrogen and oxygen atoms in total. The lowest BCUT2D eigenvalue weighted by Crippen LogP contribution is -2.38. The first kappa shape index (κ1) is 12.3. The number of likely N-dealkylation sites (tertiary alicyclic amines) is 1. The SMILES string of the molecule is CC1CC(CO)CN1C(=O)OC(C)(C)C. The topological polar surface area (TPSA) is 49.8 Å². The molecule has 0 bridgehead atoms. The number of amides is 1.